The fraction of sp³-hybridized carbons (Fsp3) is 0.333. The van der Waals surface area contributed by atoms with Gasteiger partial charge in [-0.1, -0.05) is 17.2 Å². The SMILES string of the molecule is C=C(C)CCn1cnc(Cl)c(Br)c1=O. The topological polar surface area (TPSA) is 34.9 Å². The van der Waals surface area contributed by atoms with Crippen LogP contribution in [0.5, 0.6) is 0 Å². The molecule has 0 radical (unpaired) electrons. The second kappa shape index (κ2) is 4.75. The first-order chi connectivity index (χ1) is 6.52. The van der Waals surface area contributed by atoms with E-state index in [1.165, 1.54) is 10.9 Å². The van der Waals surface area contributed by atoms with E-state index >= 15 is 0 Å². The van der Waals surface area contributed by atoms with Gasteiger partial charge in [0.15, 0.2) is 5.15 Å². The smallest absolute Gasteiger partial charge is 0.269 e. The highest BCUT2D eigenvalue weighted by molar-refractivity contribution is 9.10. The quantitative estimate of drug-likeness (QED) is 0.629. The molecule has 0 aliphatic carbocycles. The van der Waals surface area contributed by atoms with Crippen LogP contribution in [0.2, 0.25) is 5.15 Å². The van der Waals surface area contributed by atoms with E-state index in [2.05, 4.69) is 27.5 Å². The monoisotopic (exact) mass is 276 g/mol. The summed E-state index contributed by atoms with van der Waals surface area (Å²) in [6, 6.07) is 0. The zero-order chi connectivity index (χ0) is 10.7. The molecule has 0 unspecified atom stereocenters. The summed E-state index contributed by atoms with van der Waals surface area (Å²) in [5.74, 6) is 0. The molecule has 5 heteroatoms. The van der Waals surface area contributed by atoms with E-state index in [0.29, 0.717) is 11.0 Å². The molecule has 76 valence electrons. The number of nitrogens with zero attached hydrogens (tertiary/aromatic N) is 2. The third-order valence-corrected chi connectivity index (χ3v) is 2.95. The summed E-state index contributed by atoms with van der Waals surface area (Å²) in [5, 5.41) is 0.196. The molecule has 0 atom stereocenters. The molecular formula is C9H10BrClN2O. The number of rotatable bonds is 3. The lowest BCUT2D eigenvalue weighted by Gasteiger charge is -2.05. The van der Waals surface area contributed by atoms with Crippen molar-refractivity contribution in [2.45, 2.75) is 19.9 Å². The van der Waals surface area contributed by atoms with Crippen LogP contribution >= 0.6 is 27.5 Å². The highest BCUT2D eigenvalue weighted by Crippen LogP contribution is 2.13. The molecular weight excluding hydrogens is 267 g/mol. The van der Waals surface area contributed by atoms with Crippen molar-refractivity contribution >= 4 is 27.5 Å². The number of aryl methyl sites for hydroxylation is 1. The molecule has 3 nitrogen and oxygen atoms in total. The van der Waals surface area contributed by atoms with E-state index in [1.807, 2.05) is 6.92 Å². The minimum absolute atomic E-state index is 0.161. The zero-order valence-electron chi connectivity index (χ0n) is 7.76. The zero-order valence-corrected chi connectivity index (χ0v) is 10.1. The fourth-order valence-corrected chi connectivity index (χ4v) is 1.37. The lowest BCUT2D eigenvalue weighted by atomic mass is 10.2. The van der Waals surface area contributed by atoms with E-state index in [1.54, 1.807) is 0 Å². The van der Waals surface area contributed by atoms with Crippen molar-refractivity contribution in [2.24, 2.45) is 0 Å². The third kappa shape index (κ3) is 2.69. The number of halogens is 2. The van der Waals surface area contributed by atoms with Crippen LogP contribution in [0, 0.1) is 0 Å². The molecule has 14 heavy (non-hydrogen) atoms. The minimum Gasteiger partial charge on any atom is -0.298 e. The van der Waals surface area contributed by atoms with Crippen LogP contribution < -0.4 is 5.56 Å². The van der Waals surface area contributed by atoms with Gasteiger partial charge in [0.2, 0.25) is 0 Å². The van der Waals surface area contributed by atoms with Gasteiger partial charge >= 0.3 is 0 Å². The van der Waals surface area contributed by atoms with Crippen LogP contribution in [0.25, 0.3) is 0 Å². The number of hydrogen-bond donors (Lipinski definition) is 0. The predicted octanol–water partition coefficient (Wildman–Crippen LogP) is 2.63. The standard InChI is InChI=1S/C9H10BrClN2O/c1-6(2)3-4-13-5-12-8(11)7(10)9(13)14/h5H,1,3-4H2,2H3. The summed E-state index contributed by atoms with van der Waals surface area (Å²) in [6.07, 6.45) is 2.20. The van der Waals surface area contributed by atoms with Gasteiger partial charge in [-0.15, -0.1) is 6.58 Å². The van der Waals surface area contributed by atoms with Crippen molar-refractivity contribution < 1.29 is 0 Å². The van der Waals surface area contributed by atoms with Crippen LogP contribution in [0.3, 0.4) is 0 Å². The van der Waals surface area contributed by atoms with E-state index < -0.39 is 0 Å². The van der Waals surface area contributed by atoms with Crippen LogP contribution in [0.4, 0.5) is 0 Å². The first-order valence-electron chi connectivity index (χ1n) is 4.07. The van der Waals surface area contributed by atoms with E-state index in [-0.39, 0.29) is 10.7 Å². The molecule has 0 fully saturated rings. The molecule has 0 aliphatic heterocycles. The molecule has 0 saturated carbocycles. The van der Waals surface area contributed by atoms with Crippen LogP contribution in [-0.4, -0.2) is 9.55 Å². The Hall–Kier alpha value is -0.610. The van der Waals surface area contributed by atoms with Gasteiger partial charge in [-0.25, -0.2) is 4.98 Å². The molecule has 0 aliphatic rings. The largest absolute Gasteiger partial charge is 0.298 e. The Morgan fingerprint density at radius 3 is 3.00 bits per heavy atom. The second-order valence-corrected chi connectivity index (χ2v) is 4.21. The Labute approximate surface area is 95.5 Å². The highest BCUT2D eigenvalue weighted by Gasteiger charge is 2.06. The molecule has 0 spiro atoms. The Bertz CT molecular complexity index is 414. The van der Waals surface area contributed by atoms with Crippen molar-refractivity contribution in [3.8, 4) is 0 Å². The van der Waals surface area contributed by atoms with Crippen molar-refractivity contribution in [2.75, 3.05) is 0 Å². The average Bonchev–Trinajstić information content (AvgIpc) is 2.13. The van der Waals surface area contributed by atoms with Crippen molar-refractivity contribution in [1.82, 2.24) is 9.55 Å². The van der Waals surface area contributed by atoms with Gasteiger partial charge in [0.05, 0.1) is 6.33 Å². The lowest BCUT2D eigenvalue weighted by molar-refractivity contribution is 0.649. The summed E-state index contributed by atoms with van der Waals surface area (Å²) in [4.78, 5) is 15.4. The Morgan fingerprint density at radius 2 is 2.43 bits per heavy atom. The first-order valence-corrected chi connectivity index (χ1v) is 5.24. The normalized spacial score (nSPS) is 10.2. The lowest BCUT2D eigenvalue weighted by Crippen LogP contribution is -2.21. The molecule has 0 N–H and O–H groups in total. The molecule has 1 rings (SSSR count). The van der Waals surface area contributed by atoms with Gasteiger partial charge in [0.1, 0.15) is 4.47 Å². The van der Waals surface area contributed by atoms with Gasteiger partial charge in [-0.2, -0.15) is 0 Å². The number of aromatic nitrogens is 2. The van der Waals surface area contributed by atoms with Crippen LogP contribution in [0.1, 0.15) is 13.3 Å². The van der Waals surface area contributed by atoms with E-state index in [4.69, 9.17) is 11.6 Å². The Morgan fingerprint density at radius 1 is 1.79 bits per heavy atom. The molecule has 0 saturated heterocycles. The van der Waals surface area contributed by atoms with Crippen molar-refractivity contribution in [3.63, 3.8) is 0 Å². The fourth-order valence-electron chi connectivity index (χ4n) is 0.914. The maximum Gasteiger partial charge on any atom is 0.269 e. The van der Waals surface area contributed by atoms with Gasteiger partial charge in [-0.05, 0) is 29.3 Å². The summed E-state index contributed by atoms with van der Waals surface area (Å²) in [7, 11) is 0. The van der Waals surface area contributed by atoms with Gasteiger partial charge < -0.3 is 0 Å². The van der Waals surface area contributed by atoms with E-state index in [0.717, 1.165) is 12.0 Å². The molecule has 1 aromatic rings. The highest BCUT2D eigenvalue weighted by atomic mass is 79.9. The summed E-state index contributed by atoms with van der Waals surface area (Å²) in [5.41, 5.74) is 0.870. The van der Waals surface area contributed by atoms with Crippen molar-refractivity contribution in [1.29, 1.82) is 0 Å². The maximum atomic E-state index is 11.6. The summed E-state index contributed by atoms with van der Waals surface area (Å²) < 4.78 is 1.81. The first kappa shape index (κ1) is 11.5. The molecule has 0 amide bonds. The maximum absolute atomic E-state index is 11.6. The minimum atomic E-state index is -0.161. The molecule has 1 aromatic heterocycles. The van der Waals surface area contributed by atoms with Crippen LogP contribution in [0.15, 0.2) is 27.7 Å². The summed E-state index contributed by atoms with van der Waals surface area (Å²) in [6.45, 7) is 6.27. The summed E-state index contributed by atoms with van der Waals surface area (Å²) >= 11 is 8.75. The van der Waals surface area contributed by atoms with Crippen LogP contribution in [-0.2, 0) is 6.54 Å². The van der Waals surface area contributed by atoms with Crippen molar-refractivity contribution in [3.05, 3.63) is 38.5 Å². The Balaban J connectivity index is 2.95. The Kier molecular flexibility index (Phi) is 3.89. The predicted molar refractivity (Wildman–Crippen MR) is 60.6 cm³/mol. The van der Waals surface area contributed by atoms with E-state index in [9.17, 15) is 4.79 Å². The average molecular weight is 278 g/mol. The molecule has 0 aromatic carbocycles. The number of hydrogen-bond acceptors (Lipinski definition) is 2. The number of allylic oxidation sites excluding steroid dienone is 1. The second-order valence-electron chi connectivity index (χ2n) is 3.06. The third-order valence-electron chi connectivity index (χ3n) is 1.72. The molecule has 1 heterocycles. The van der Waals surface area contributed by atoms with Gasteiger partial charge in [0.25, 0.3) is 5.56 Å². The van der Waals surface area contributed by atoms with Gasteiger partial charge in [-0.3, -0.25) is 9.36 Å². The molecule has 0 bridgehead atoms. The van der Waals surface area contributed by atoms with Gasteiger partial charge in [0, 0.05) is 6.54 Å².